The second kappa shape index (κ2) is 5.41. The van der Waals surface area contributed by atoms with Crippen molar-refractivity contribution in [3.05, 3.63) is 33.3 Å². The van der Waals surface area contributed by atoms with Crippen LogP contribution in [0.15, 0.2) is 22.7 Å². The first-order valence-corrected chi connectivity index (χ1v) is 7.94. The van der Waals surface area contributed by atoms with Gasteiger partial charge in [-0.15, -0.1) is 0 Å². The SMILES string of the molecule is Clc1cc(Br)ccc1CC1(CBr)CCCC1. The Balaban J connectivity index is 2.19. The molecule has 1 aromatic carbocycles. The number of alkyl halides is 1. The van der Waals surface area contributed by atoms with E-state index >= 15 is 0 Å². The van der Waals surface area contributed by atoms with E-state index in [-0.39, 0.29) is 0 Å². The maximum Gasteiger partial charge on any atom is 0.0449 e. The molecule has 1 aliphatic rings. The number of hydrogen-bond donors (Lipinski definition) is 0. The molecular weight excluding hydrogens is 351 g/mol. The average Bonchev–Trinajstić information content (AvgIpc) is 2.72. The first-order valence-electron chi connectivity index (χ1n) is 5.65. The van der Waals surface area contributed by atoms with Crippen molar-refractivity contribution in [1.29, 1.82) is 0 Å². The topological polar surface area (TPSA) is 0 Å². The number of hydrogen-bond acceptors (Lipinski definition) is 0. The maximum atomic E-state index is 6.28. The van der Waals surface area contributed by atoms with Gasteiger partial charge >= 0.3 is 0 Å². The van der Waals surface area contributed by atoms with Gasteiger partial charge < -0.3 is 0 Å². The highest BCUT2D eigenvalue weighted by Gasteiger charge is 2.33. The lowest BCUT2D eigenvalue weighted by Crippen LogP contribution is -2.21. The summed E-state index contributed by atoms with van der Waals surface area (Å²) >= 11 is 13.4. The Morgan fingerprint density at radius 2 is 1.94 bits per heavy atom. The number of benzene rings is 1. The first kappa shape index (κ1) is 12.9. The summed E-state index contributed by atoms with van der Waals surface area (Å²) in [6.07, 6.45) is 6.47. The monoisotopic (exact) mass is 364 g/mol. The molecule has 0 atom stereocenters. The van der Waals surface area contributed by atoms with E-state index in [1.807, 2.05) is 6.07 Å². The first-order chi connectivity index (χ1) is 7.65. The minimum Gasteiger partial charge on any atom is -0.0922 e. The molecule has 1 fully saturated rings. The van der Waals surface area contributed by atoms with Gasteiger partial charge in [-0.25, -0.2) is 0 Å². The zero-order chi connectivity index (χ0) is 11.6. The summed E-state index contributed by atoms with van der Waals surface area (Å²) in [5.41, 5.74) is 1.73. The van der Waals surface area contributed by atoms with Crippen LogP contribution in [0.1, 0.15) is 31.2 Å². The summed E-state index contributed by atoms with van der Waals surface area (Å²) in [4.78, 5) is 0. The van der Waals surface area contributed by atoms with E-state index < -0.39 is 0 Å². The van der Waals surface area contributed by atoms with Gasteiger partial charge in [0.25, 0.3) is 0 Å². The number of halogens is 3. The Labute approximate surface area is 119 Å². The molecule has 1 saturated carbocycles. The molecule has 0 N–H and O–H groups in total. The summed E-state index contributed by atoms with van der Waals surface area (Å²) in [6.45, 7) is 0. The lowest BCUT2D eigenvalue weighted by Gasteiger charge is -2.27. The third kappa shape index (κ3) is 2.83. The van der Waals surface area contributed by atoms with Crippen molar-refractivity contribution in [2.45, 2.75) is 32.1 Å². The van der Waals surface area contributed by atoms with E-state index in [0.29, 0.717) is 5.41 Å². The number of rotatable bonds is 3. The summed E-state index contributed by atoms with van der Waals surface area (Å²) in [5, 5.41) is 1.98. The van der Waals surface area contributed by atoms with Crippen LogP contribution in [0, 0.1) is 5.41 Å². The third-order valence-electron chi connectivity index (χ3n) is 3.53. The quantitative estimate of drug-likeness (QED) is 0.611. The smallest absolute Gasteiger partial charge is 0.0449 e. The molecule has 0 bridgehead atoms. The summed E-state index contributed by atoms with van der Waals surface area (Å²) in [7, 11) is 0. The Bertz CT molecular complexity index is 370. The minimum absolute atomic E-state index is 0.442. The predicted octanol–water partition coefficient (Wildman–Crippen LogP) is 5.60. The van der Waals surface area contributed by atoms with Crippen LogP contribution in [-0.4, -0.2) is 5.33 Å². The van der Waals surface area contributed by atoms with Gasteiger partial charge in [0.15, 0.2) is 0 Å². The van der Waals surface area contributed by atoms with Gasteiger partial charge in [-0.2, -0.15) is 0 Å². The Kier molecular flexibility index (Phi) is 4.37. The van der Waals surface area contributed by atoms with E-state index in [9.17, 15) is 0 Å². The van der Waals surface area contributed by atoms with Crippen molar-refractivity contribution in [3.63, 3.8) is 0 Å². The normalized spacial score (nSPS) is 18.9. The van der Waals surface area contributed by atoms with Crippen LogP contribution in [-0.2, 0) is 6.42 Å². The highest BCUT2D eigenvalue weighted by molar-refractivity contribution is 9.10. The molecule has 16 heavy (non-hydrogen) atoms. The zero-order valence-corrected chi connectivity index (χ0v) is 13.0. The zero-order valence-electron chi connectivity index (χ0n) is 9.11. The van der Waals surface area contributed by atoms with Crippen LogP contribution in [0.4, 0.5) is 0 Å². The van der Waals surface area contributed by atoms with E-state index in [2.05, 4.69) is 44.0 Å². The van der Waals surface area contributed by atoms with Gasteiger partial charge in [-0.05, 0) is 42.4 Å². The Morgan fingerprint density at radius 3 is 2.50 bits per heavy atom. The standard InChI is InChI=1S/C13H15Br2Cl/c14-9-13(5-1-2-6-13)8-10-3-4-11(15)7-12(10)16/h3-4,7H,1-2,5-6,8-9H2. The largest absolute Gasteiger partial charge is 0.0922 e. The highest BCUT2D eigenvalue weighted by atomic mass is 79.9. The van der Waals surface area contributed by atoms with Crippen molar-refractivity contribution >= 4 is 43.5 Å². The van der Waals surface area contributed by atoms with Crippen molar-refractivity contribution < 1.29 is 0 Å². The molecule has 3 heteroatoms. The molecule has 0 unspecified atom stereocenters. The minimum atomic E-state index is 0.442. The molecule has 0 aliphatic heterocycles. The van der Waals surface area contributed by atoms with E-state index in [1.54, 1.807) is 0 Å². The van der Waals surface area contributed by atoms with E-state index in [1.165, 1.54) is 31.2 Å². The molecule has 0 heterocycles. The van der Waals surface area contributed by atoms with Gasteiger partial charge in [0.1, 0.15) is 0 Å². The van der Waals surface area contributed by atoms with Gasteiger partial charge in [-0.3, -0.25) is 0 Å². The average molecular weight is 367 g/mol. The van der Waals surface area contributed by atoms with Crippen LogP contribution in [0.5, 0.6) is 0 Å². The summed E-state index contributed by atoms with van der Waals surface area (Å²) < 4.78 is 1.06. The molecule has 0 radical (unpaired) electrons. The molecule has 0 nitrogen and oxygen atoms in total. The van der Waals surface area contributed by atoms with Crippen molar-refractivity contribution in [1.82, 2.24) is 0 Å². The second-order valence-corrected chi connectivity index (χ2v) is 6.64. The van der Waals surface area contributed by atoms with Crippen LogP contribution in [0.3, 0.4) is 0 Å². The fourth-order valence-electron chi connectivity index (χ4n) is 2.55. The molecule has 0 amide bonds. The van der Waals surface area contributed by atoms with Gasteiger partial charge in [-0.1, -0.05) is 62.4 Å². The lowest BCUT2D eigenvalue weighted by atomic mass is 9.82. The third-order valence-corrected chi connectivity index (χ3v) is 5.56. The van der Waals surface area contributed by atoms with Gasteiger partial charge in [0.2, 0.25) is 0 Å². The fraction of sp³-hybridized carbons (Fsp3) is 0.538. The predicted molar refractivity (Wildman–Crippen MR) is 77.6 cm³/mol. The Hall–Kier alpha value is 0.470. The molecule has 0 saturated heterocycles. The second-order valence-electron chi connectivity index (χ2n) is 4.75. The Morgan fingerprint density at radius 1 is 1.25 bits per heavy atom. The molecule has 0 aromatic heterocycles. The van der Waals surface area contributed by atoms with Crippen LogP contribution in [0.25, 0.3) is 0 Å². The van der Waals surface area contributed by atoms with Gasteiger partial charge in [0, 0.05) is 14.8 Å². The van der Waals surface area contributed by atoms with Crippen LogP contribution < -0.4 is 0 Å². The van der Waals surface area contributed by atoms with Crippen LogP contribution >= 0.6 is 43.5 Å². The summed E-state index contributed by atoms with van der Waals surface area (Å²) in [6, 6.07) is 6.22. The molecule has 2 rings (SSSR count). The van der Waals surface area contributed by atoms with Crippen molar-refractivity contribution in [2.75, 3.05) is 5.33 Å². The van der Waals surface area contributed by atoms with Gasteiger partial charge in [0.05, 0.1) is 0 Å². The molecular formula is C13H15Br2Cl. The highest BCUT2D eigenvalue weighted by Crippen LogP contribution is 2.43. The van der Waals surface area contributed by atoms with Crippen LogP contribution in [0.2, 0.25) is 5.02 Å². The maximum absolute atomic E-state index is 6.28. The molecule has 88 valence electrons. The fourth-order valence-corrected chi connectivity index (χ4v) is 4.05. The van der Waals surface area contributed by atoms with Crippen molar-refractivity contribution in [3.8, 4) is 0 Å². The van der Waals surface area contributed by atoms with E-state index in [4.69, 9.17) is 11.6 Å². The summed E-state index contributed by atoms with van der Waals surface area (Å²) in [5.74, 6) is 0. The lowest BCUT2D eigenvalue weighted by molar-refractivity contribution is 0.347. The van der Waals surface area contributed by atoms with E-state index in [0.717, 1.165) is 21.2 Å². The molecule has 1 aromatic rings. The van der Waals surface area contributed by atoms with Crippen molar-refractivity contribution in [2.24, 2.45) is 5.41 Å². The molecule has 1 aliphatic carbocycles. The molecule has 0 spiro atoms.